The van der Waals surface area contributed by atoms with Crippen LogP contribution in [-0.2, 0) is 0 Å². The molecule has 1 aromatic rings. The molecule has 0 aliphatic carbocycles. The third kappa shape index (κ3) is 5.68. The molecule has 0 saturated carbocycles. The van der Waals surface area contributed by atoms with Gasteiger partial charge in [-0.25, -0.2) is 0 Å². The van der Waals surface area contributed by atoms with E-state index < -0.39 is 0 Å². The third-order valence-corrected chi connectivity index (χ3v) is 3.56. The second-order valence-corrected chi connectivity index (χ2v) is 5.24. The maximum atomic E-state index is 3.68. The first kappa shape index (κ1) is 15.2. The van der Waals surface area contributed by atoms with Gasteiger partial charge in [0.25, 0.3) is 0 Å². The molecule has 1 heteroatoms. The summed E-state index contributed by atoms with van der Waals surface area (Å²) in [5, 5.41) is 3.68. The molecule has 0 fully saturated rings. The number of hydrogen-bond donors (Lipinski definition) is 1. The van der Waals surface area contributed by atoms with E-state index in [9.17, 15) is 0 Å². The van der Waals surface area contributed by atoms with E-state index in [1.54, 1.807) is 0 Å². The van der Waals surface area contributed by atoms with Crippen molar-refractivity contribution in [2.75, 3.05) is 6.54 Å². The van der Waals surface area contributed by atoms with Crippen LogP contribution in [0.25, 0.3) is 0 Å². The predicted octanol–water partition coefficient (Wildman–Crippen LogP) is 5.01. The van der Waals surface area contributed by atoms with Gasteiger partial charge in [-0.3, -0.25) is 0 Å². The Morgan fingerprint density at radius 1 is 0.944 bits per heavy atom. The van der Waals surface area contributed by atoms with Crippen LogP contribution in [0.4, 0.5) is 0 Å². The second kappa shape index (κ2) is 9.16. The van der Waals surface area contributed by atoms with E-state index >= 15 is 0 Å². The smallest absolute Gasteiger partial charge is 0.0317 e. The van der Waals surface area contributed by atoms with Crippen LogP contribution in [0.15, 0.2) is 24.3 Å². The van der Waals surface area contributed by atoms with E-state index in [4.69, 9.17) is 0 Å². The summed E-state index contributed by atoms with van der Waals surface area (Å²) in [7, 11) is 0. The van der Waals surface area contributed by atoms with Crippen LogP contribution in [0.1, 0.15) is 69.5 Å². The molecule has 0 amide bonds. The number of nitrogens with one attached hydrogen (secondary N) is 1. The van der Waals surface area contributed by atoms with Gasteiger partial charge in [-0.2, -0.15) is 0 Å². The van der Waals surface area contributed by atoms with Crippen molar-refractivity contribution >= 4 is 0 Å². The Bertz CT molecular complexity index is 302. The molecule has 1 rings (SSSR count). The van der Waals surface area contributed by atoms with Crippen molar-refractivity contribution in [3.8, 4) is 0 Å². The number of hydrogen-bond acceptors (Lipinski definition) is 1. The molecule has 1 aromatic carbocycles. The summed E-state index contributed by atoms with van der Waals surface area (Å²) in [6.07, 6.45) is 7.94. The molecule has 18 heavy (non-hydrogen) atoms. The Hall–Kier alpha value is -0.820. The summed E-state index contributed by atoms with van der Waals surface area (Å²) in [6.45, 7) is 7.82. The normalized spacial score (nSPS) is 12.6. The van der Waals surface area contributed by atoms with Crippen molar-refractivity contribution < 1.29 is 0 Å². The lowest BCUT2D eigenvalue weighted by molar-refractivity contribution is 0.495. The molecule has 0 bridgehead atoms. The lowest BCUT2D eigenvalue weighted by Gasteiger charge is -2.17. The number of aryl methyl sites for hydroxylation is 1. The molecular weight excluding hydrogens is 218 g/mol. The Balaban J connectivity index is 2.27. The van der Waals surface area contributed by atoms with Crippen molar-refractivity contribution in [1.82, 2.24) is 5.32 Å². The van der Waals surface area contributed by atoms with Gasteiger partial charge in [0, 0.05) is 6.04 Å². The zero-order valence-corrected chi connectivity index (χ0v) is 12.3. The van der Waals surface area contributed by atoms with E-state index in [-0.39, 0.29) is 0 Å². The molecule has 1 atom stereocenters. The lowest BCUT2D eigenvalue weighted by atomic mass is 10.0. The molecule has 0 aromatic heterocycles. The molecule has 1 N–H and O–H groups in total. The zero-order chi connectivity index (χ0) is 13.2. The standard InChI is InChI=1S/C17H29N/c1-4-6-7-8-9-14-18-17(5-2)16-12-10-15(3)11-13-16/h10-13,17-18H,4-9,14H2,1-3H3. The fraction of sp³-hybridized carbons (Fsp3) is 0.647. The van der Waals surface area contributed by atoms with E-state index in [0.717, 1.165) is 13.0 Å². The first-order valence-corrected chi connectivity index (χ1v) is 7.57. The molecular formula is C17H29N. The second-order valence-electron chi connectivity index (χ2n) is 5.24. The highest BCUT2D eigenvalue weighted by Crippen LogP contribution is 2.17. The average molecular weight is 247 g/mol. The first-order chi connectivity index (χ1) is 8.77. The Morgan fingerprint density at radius 2 is 1.61 bits per heavy atom. The summed E-state index contributed by atoms with van der Waals surface area (Å²) < 4.78 is 0. The van der Waals surface area contributed by atoms with Crippen molar-refractivity contribution in [3.05, 3.63) is 35.4 Å². The van der Waals surface area contributed by atoms with E-state index in [0.29, 0.717) is 6.04 Å². The molecule has 102 valence electrons. The average Bonchev–Trinajstić information content (AvgIpc) is 2.39. The first-order valence-electron chi connectivity index (χ1n) is 7.57. The number of rotatable bonds is 9. The largest absolute Gasteiger partial charge is 0.310 e. The van der Waals surface area contributed by atoms with Crippen LogP contribution in [0, 0.1) is 6.92 Å². The molecule has 0 radical (unpaired) electrons. The van der Waals surface area contributed by atoms with Crippen LogP contribution in [0.5, 0.6) is 0 Å². The SMILES string of the molecule is CCCCCCCNC(CC)c1ccc(C)cc1. The van der Waals surface area contributed by atoms with Gasteiger partial charge in [-0.05, 0) is 31.9 Å². The zero-order valence-electron chi connectivity index (χ0n) is 12.3. The summed E-state index contributed by atoms with van der Waals surface area (Å²) >= 11 is 0. The molecule has 1 unspecified atom stereocenters. The van der Waals surface area contributed by atoms with Crippen molar-refractivity contribution in [2.45, 2.75) is 65.3 Å². The van der Waals surface area contributed by atoms with Gasteiger partial charge < -0.3 is 5.32 Å². The summed E-state index contributed by atoms with van der Waals surface area (Å²) in [5.41, 5.74) is 2.77. The van der Waals surface area contributed by atoms with Gasteiger partial charge in [0.2, 0.25) is 0 Å². The van der Waals surface area contributed by atoms with Crippen LogP contribution in [0.3, 0.4) is 0 Å². The topological polar surface area (TPSA) is 12.0 Å². The van der Waals surface area contributed by atoms with Crippen LogP contribution in [-0.4, -0.2) is 6.54 Å². The van der Waals surface area contributed by atoms with Crippen LogP contribution >= 0.6 is 0 Å². The summed E-state index contributed by atoms with van der Waals surface area (Å²) in [4.78, 5) is 0. The Kier molecular flexibility index (Phi) is 7.75. The highest BCUT2D eigenvalue weighted by atomic mass is 14.9. The lowest BCUT2D eigenvalue weighted by Crippen LogP contribution is -2.21. The van der Waals surface area contributed by atoms with Gasteiger partial charge in [-0.15, -0.1) is 0 Å². The summed E-state index contributed by atoms with van der Waals surface area (Å²) in [5.74, 6) is 0. The fourth-order valence-electron chi connectivity index (χ4n) is 2.30. The molecule has 0 aliphatic heterocycles. The monoisotopic (exact) mass is 247 g/mol. The minimum atomic E-state index is 0.525. The number of unbranched alkanes of at least 4 members (excludes halogenated alkanes) is 4. The van der Waals surface area contributed by atoms with Gasteiger partial charge in [0.1, 0.15) is 0 Å². The van der Waals surface area contributed by atoms with E-state index in [1.165, 1.54) is 43.2 Å². The maximum Gasteiger partial charge on any atom is 0.0317 e. The van der Waals surface area contributed by atoms with Crippen molar-refractivity contribution in [2.24, 2.45) is 0 Å². The minimum Gasteiger partial charge on any atom is -0.310 e. The van der Waals surface area contributed by atoms with Crippen LogP contribution in [0.2, 0.25) is 0 Å². The summed E-state index contributed by atoms with van der Waals surface area (Å²) in [6, 6.07) is 9.46. The van der Waals surface area contributed by atoms with Gasteiger partial charge in [-0.1, -0.05) is 69.4 Å². The van der Waals surface area contributed by atoms with Crippen LogP contribution < -0.4 is 5.32 Å². The Morgan fingerprint density at radius 3 is 2.22 bits per heavy atom. The highest BCUT2D eigenvalue weighted by molar-refractivity contribution is 5.23. The molecule has 0 spiro atoms. The van der Waals surface area contributed by atoms with Crippen molar-refractivity contribution in [3.63, 3.8) is 0 Å². The number of benzene rings is 1. The van der Waals surface area contributed by atoms with Gasteiger partial charge in [0.15, 0.2) is 0 Å². The van der Waals surface area contributed by atoms with Gasteiger partial charge >= 0.3 is 0 Å². The fourth-order valence-corrected chi connectivity index (χ4v) is 2.30. The minimum absolute atomic E-state index is 0.525. The molecule has 0 aliphatic rings. The Labute approximate surface area is 113 Å². The van der Waals surface area contributed by atoms with Gasteiger partial charge in [0.05, 0.1) is 0 Å². The molecule has 0 heterocycles. The highest BCUT2D eigenvalue weighted by Gasteiger charge is 2.07. The van der Waals surface area contributed by atoms with E-state index in [2.05, 4.69) is 50.4 Å². The van der Waals surface area contributed by atoms with E-state index in [1.807, 2.05) is 0 Å². The molecule has 0 saturated heterocycles. The predicted molar refractivity (Wildman–Crippen MR) is 81.0 cm³/mol. The third-order valence-electron chi connectivity index (χ3n) is 3.56. The molecule has 1 nitrogen and oxygen atoms in total. The maximum absolute atomic E-state index is 3.68. The van der Waals surface area contributed by atoms with Crippen molar-refractivity contribution in [1.29, 1.82) is 0 Å². The quantitative estimate of drug-likeness (QED) is 0.605.